The molecule has 0 aliphatic heterocycles. The van der Waals surface area contributed by atoms with E-state index in [4.69, 9.17) is 5.73 Å². The van der Waals surface area contributed by atoms with Crippen molar-refractivity contribution < 1.29 is 9.90 Å². The lowest BCUT2D eigenvalue weighted by atomic mass is 9.76. The molecule has 1 atom stereocenters. The number of amides is 1. The number of carbonyl (C=O) groups is 1. The summed E-state index contributed by atoms with van der Waals surface area (Å²) in [6.45, 7) is 1.72. The number of rotatable bonds is 2. The highest BCUT2D eigenvalue weighted by molar-refractivity contribution is 5.77. The molecule has 0 aromatic rings. The summed E-state index contributed by atoms with van der Waals surface area (Å²) in [6, 6.07) is 0. The monoisotopic (exact) mass is 171 g/mol. The Bertz CT molecular complexity index is 173. The summed E-state index contributed by atoms with van der Waals surface area (Å²) in [5.41, 5.74) is 4.34. The molecule has 1 amide bonds. The predicted octanol–water partition coefficient (Wildman–Crippen LogP) is 0.803. The van der Waals surface area contributed by atoms with Gasteiger partial charge >= 0.3 is 0 Å². The molecular formula is C9H17NO2. The van der Waals surface area contributed by atoms with Crippen molar-refractivity contribution in [1.29, 1.82) is 0 Å². The van der Waals surface area contributed by atoms with Crippen LogP contribution in [0.4, 0.5) is 0 Å². The number of hydrogen-bond donors (Lipinski definition) is 2. The molecule has 3 nitrogen and oxygen atoms in total. The molecule has 0 spiro atoms. The van der Waals surface area contributed by atoms with Crippen LogP contribution in [0.25, 0.3) is 0 Å². The van der Waals surface area contributed by atoms with Gasteiger partial charge in [-0.2, -0.15) is 0 Å². The lowest BCUT2D eigenvalue weighted by Crippen LogP contribution is -2.44. The number of hydrogen-bond acceptors (Lipinski definition) is 2. The molecule has 0 radical (unpaired) electrons. The molecule has 0 saturated heterocycles. The normalized spacial score (nSPS) is 24.8. The van der Waals surface area contributed by atoms with E-state index in [9.17, 15) is 9.90 Å². The van der Waals surface area contributed by atoms with Crippen molar-refractivity contribution in [2.45, 2.75) is 44.6 Å². The highest BCUT2D eigenvalue weighted by Gasteiger charge is 2.37. The van der Waals surface area contributed by atoms with Gasteiger partial charge in [-0.1, -0.05) is 26.2 Å². The molecule has 0 aromatic carbocycles. The molecule has 1 saturated carbocycles. The Kier molecular flexibility index (Phi) is 2.73. The van der Waals surface area contributed by atoms with Crippen molar-refractivity contribution in [2.24, 2.45) is 11.7 Å². The minimum atomic E-state index is -0.815. The largest absolute Gasteiger partial charge is 0.389 e. The molecule has 12 heavy (non-hydrogen) atoms. The first-order chi connectivity index (χ1) is 5.56. The third-order valence-electron chi connectivity index (χ3n) is 2.95. The highest BCUT2D eigenvalue weighted by Crippen LogP contribution is 2.33. The van der Waals surface area contributed by atoms with Gasteiger partial charge in [0.05, 0.1) is 11.5 Å². The fourth-order valence-electron chi connectivity index (χ4n) is 1.86. The first kappa shape index (κ1) is 9.52. The zero-order chi connectivity index (χ0) is 9.19. The highest BCUT2D eigenvalue weighted by atomic mass is 16.3. The second kappa shape index (κ2) is 3.44. The van der Waals surface area contributed by atoms with E-state index in [-0.39, 0.29) is 5.91 Å². The van der Waals surface area contributed by atoms with Gasteiger partial charge in [-0.25, -0.2) is 0 Å². The number of aliphatic hydroxyl groups is 1. The van der Waals surface area contributed by atoms with E-state index in [0.29, 0.717) is 0 Å². The average molecular weight is 171 g/mol. The number of primary amides is 1. The van der Waals surface area contributed by atoms with Crippen LogP contribution < -0.4 is 5.73 Å². The van der Waals surface area contributed by atoms with Crippen molar-refractivity contribution in [1.82, 2.24) is 0 Å². The number of carbonyl (C=O) groups excluding carboxylic acids is 1. The van der Waals surface area contributed by atoms with Gasteiger partial charge in [-0.05, 0) is 12.8 Å². The van der Waals surface area contributed by atoms with Crippen LogP contribution in [0.3, 0.4) is 0 Å². The van der Waals surface area contributed by atoms with E-state index in [1.165, 1.54) is 0 Å². The SMILES string of the molecule is CC(C(N)=O)C1(O)CCCCC1. The number of nitrogens with two attached hydrogens (primary N) is 1. The molecule has 0 bridgehead atoms. The molecule has 1 fully saturated rings. The first-order valence-electron chi connectivity index (χ1n) is 4.58. The molecule has 1 unspecified atom stereocenters. The van der Waals surface area contributed by atoms with Crippen molar-refractivity contribution >= 4 is 5.91 Å². The van der Waals surface area contributed by atoms with Gasteiger partial charge in [-0.15, -0.1) is 0 Å². The molecule has 0 aromatic heterocycles. The van der Waals surface area contributed by atoms with Crippen LogP contribution in [0.15, 0.2) is 0 Å². The second-order valence-electron chi connectivity index (χ2n) is 3.79. The average Bonchev–Trinajstić information content (AvgIpc) is 2.04. The van der Waals surface area contributed by atoms with Crippen LogP contribution in [-0.2, 0) is 4.79 Å². The fourth-order valence-corrected chi connectivity index (χ4v) is 1.86. The molecule has 1 aliphatic carbocycles. The van der Waals surface area contributed by atoms with Gasteiger partial charge in [0.25, 0.3) is 0 Å². The molecule has 1 rings (SSSR count). The summed E-state index contributed by atoms with van der Waals surface area (Å²) >= 11 is 0. The Hall–Kier alpha value is -0.570. The maximum atomic E-state index is 10.9. The summed E-state index contributed by atoms with van der Waals surface area (Å²) in [5.74, 6) is -0.794. The van der Waals surface area contributed by atoms with Crippen molar-refractivity contribution in [3.63, 3.8) is 0 Å². The first-order valence-corrected chi connectivity index (χ1v) is 4.58. The van der Waals surface area contributed by atoms with Gasteiger partial charge in [-0.3, -0.25) is 4.79 Å². The maximum absolute atomic E-state index is 10.9. The summed E-state index contributed by atoms with van der Waals surface area (Å²) in [5, 5.41) is 10.0. The van der Waals surface area contributed by atoms with E-state index >= 15 is 0 Å². The Labute approximate surface area is 72.9 Å². The molecular weight excluding hydrogens is 154 g/mol. The lowest BCUT2D eigenvalue weighted by Gasteiger charge is -2.35. The van der Waals surface area contributed by atoms with Crippen molar-refractivity contribution in [3.8, 4) is 0 Å². The molecule has 70 valence electrons. The Morgan fingerprint density at radius 3 is 2.33 bits per heavy atom. The third kappa shape index (κ3) is 1.78. The van der Waals surface area contributed by atoms with Crippen molar-refractivity contribution in [2.75, 3.05) is 0 Å². The second-order valence-corrected chi connectivity index (χ2v) is 3.79. The molecule has 1 aliphatic rings. The van der Waals surface area contributed by atoms with E-state index in [2.05, 4.69) is 0 Å². The van der Waals surface area contributed by atoms with Gasteiger partial charge in [0, 0.05) is 0 Å². The standard InChI is InChI=1S/C9H17NO2/c1-7(8(10)11)9(12)5-3-2-4-6-9/h7,12H,2-6H2,1H3,(H2,10,11). The molecule has 0 heterocycles. The summed E-state index contributed by atoms with van der Waals surface area (Å²) in [4.78, 5) is 10.9. The van der Waals surface area contributed by atoms with E-state index in [0.717, 1.165) is 32.1 Å². The van der Waals surface area contributed by atoms with Crippen molar-refractivity contribution in [3.05, 3.63) is 0 Å². The van der Waals surface area contributed by atoms with E-state index in [1.54, 1.807) is 6.92 Å². The van der Waals surface area contributed by atoms with E-state index < -0.39 is 11.5 Å². The maximum Gasteiger partial charge on any atom is 0.223 e. The minimum absolute atomic E-state index is 0.389. The zero-order valence-corrected chi connectivity index (χ0v) is 7.55. The summed E-state index contributed by atoms with van der Waals surface area (Å²) < 4.78 is 0. The Morgan fingerprint density at radius 2 is 1.92 bits per heavy atom. The van der Waals surface area contributed by atoms with Gasteiger partial charge in [0.1, 0.15) is 0 Å². The topological polar surface area (TPSA) is 63.3 Å². The summed E-state index contributed by atoms with van der Waals surface area (Å²) in [7, 11) is 0. The van der Waals surface area contributed by atoms with Gasteiger partial charge in [0.15, 0.2) is 0 Å². The summed E-state index contributed by atoms with van der Waals surface area (Å²) in [6.07, 6.45) is 4.62. The van der Waals surface area contributed by atoms with Crippen LogP contribution in [0.5, 0.6) is 0 Å². The smallest absolute Gasteiger partial charge is 0.223 e. The minimum Gasteiger partial charge on any atom is -0.389 e. The quantitative estimate of drug-likeness (QED) is 0.645. The van der Waals surface area contributed by atoms with Crippen LogP contribution in [0.1, 0.15) is 39.0 Å². The molecule has 3 N–H and O–H groups in total. The van der Waals surface area contributed by atoms with Gasteiger partial charge in [0.2, 0.25) is 5.91 Å². The third-order valence-corrected chi connectivity index (χ3v) is 2.95. The van der Waals surface area contributed by atoms with Crippen LogP contribution in [0.2, 0.25) is 0 Å². The fraction of sp³-hybridized carbons (Fsp3) is 0.889. The Balaban J connectivity index is 2.62. The lowest BCUT2D eigenvalue weighted by molar-refractivity contribution is -0.132. The predicted molar refractivity (Wildman–Crippen MR) is 46.4 cm³/mol. The van der Waals surface area contributed by atoms with Crippen LogP contribution in [-0.4, -0.2) is 16.6 Å². The Morgan fingerprint density at radius 1 is 1.42 bits per heavy atom. The van der Waals surface area contributed by atoms with Crippen LogP contribution >= 0.6 is 0 Å². The van der Waals surface area contributed by atoms with E-state index in [1.807, 2.05) is 0 Å². The zero-order valence-electron chi connectivity index (χ0n) is 7.55. The van der Waals surface area contributed by atoms with Crippen LogP contribution in [0, 0.1) is 5.92 Å². The molecule has 3 heteroatoms. The van der Waals surface area contributed by atoms with Gasteiger partial charge < -0.3 is 10.8 Å².